The Morgan fingerprint density at radius 2 is 2.00 bits per heavy atom. The topological polar surface area (TPSA) is 9.23 Å². The molecule has 6 atom stereocenters. The summed E-state index contributed by atoms with van der Waals surface area (Å²) in [5.74, 6) is 5.52. The molecule has 1 heteroatoms. The average molecular weight is 298 g/mol. The molecule has 22 heavy (non-hydrogen) atoms. The lowest BCUT2D eigenvalue weighted by atomic mass is 9.54. The van der Waals surface area contributed by atoms with Crippen LogP contribution in [0.5, 0.6) is 5.75 Å². The smallest absolute Gasteiger partial charge is 0.119 e. The predicted octanol–water partition coefficient (Wildman–Crippen LogP) is 5.43. The minimum atomic E-state index is 0.602. The predicted molar refractivity (Wildman–Crippen MR) is 91.3 cm³/mol. The summed E-state index contributed by atoms with van der Waals surface area (Å²) < 4.78 is 5.43. The molecule has 2 fully saturated rings. The SMILES string of the molecule is COc1ccc2c(c1)CCC1C2CCC2(C)C(C)C(C)CC12. The van der Waals surface area contributed by atoms with Gasteiger partial charge in [-0.15, -0.1) is 0 Å². The second kappa shape index (κ2) is 5.01. The Morgan fingerprint density at radius 3 is 2.77 bits per heavy atom. The molecule has 6 unspecified atom stereocenters. The molecular weight excluding hydrogens is 268 g/mol. The number of benzene rings is 1. The zero-order valence-electron chi connectivity index (χ0n) is 14.6. The molecular formula is C21H30O. The molecule has 2 saturated carbocycles. The number of aryl methyl sites for hydroxylation is 1. The Kier molecular flexibility index (Phi) is 3.33. The minimum Gasteiger partial charge on any atom is -0.497 e. The van der Waals surface area contributed by atoms with Crippen molar-refractivity contribution in [3.8, 4) is 5.75 Å². The second-order valence-electron chi connectivity index (χ2n) is 8.53. The van der Waals surface area contributed by atoms with Crippen LogP contribution in [0.1, 0.15) is 63.5 Å². The molecule has 0 aliphatic heterocycles. The normalized spacial score (nSPS) is 43.2. The number of methoxy groups -OCH3 is 1. The molecule has 1 aromatic rings. The standard InChI is InChI=1S/C21H30O/c1-13-11-20-19-7-5-15-12-16(22-4)6-8-17(15)18(19)9-10-21(20,3)14(13)2/h6,8,12-14,18-20H,5,7,9-11H2,1-4H3. The zero-order valence-corrected chi connectivity index (χ0v) is 14.6. The number of hydrogen-bond donors (Lipinski definition) is 0. The van der Waals surface area contributed by atoms with Crippen molar-refractivity contribution >= 4 is 0 Å². The number of rotatable bonds is 1. The number of ether oxygens (including phenoxy) is 1. The summed E-state index contributed by atoms with van der Waals surface area (Å²) in [7, 11) is 1.78. The van der Waals surface area contributed by atoms with Crippen molar-refractivity contribution in [2.75, 3.05) is 7.11 Å². The van der Waals surface area contributed by atoms with Gasteiger partial charge in [-0.1, -0.05) is 26.8 Å². The summed E-state index contributed by atoms with van der Waals surface area (Å²) in [4.78, 5) is 0. The fourth-order valence-electron chi connectivity index (χ4n) is 6.30. The number of fused-ring (bicyclic) bond motifs is 5. The summed E-state index contributed by atoms with van der Waals surface area (Å²) in [6, 6.07) is 6.84. The highest BCUT2D eigenvalue weighted by Gasteiger charge is 2.55. The van der Waals surface area contributed by atoms with Gasteiger partial charge in [-0.2, -0.15) is 0 Å². The van der Waals surface area contributed by atoms with E-state index in [1.807, 2.05) is 0 Å². The lowest BCUT2D eigenvalue weighted by Gasteiger charge is -2.50. The van der Waals surface area contributed by atoms with Crippen molar-refractivity contribution in [1.82, 2.24) is 0 Å². The van der Waals surface area contributed by atoms with Gasteiger partial charge >= 0.3 is 0 Å². The number of hydrogen-bond acceptors (Lipinski definition) is 1. The van der Waals surface area contributed by atoms with Crippen LogP contribution in [-0.4, -0.2) is 7.11 Å². The van der Waals surface area contributed by atoms with Gasteiger partial charge in [0.15, 0.2) is 0 Å². The minimum absolute atomic E-state index is 0.602. The monoisotopic (exact) mass is 298 g/mol. The van der Waals surface area contributed by atoms with Crippen LogP contribution in [0.15, 0.2) is 18.2 Å². The van der Waals surface area contributed by atoms with Crippen LogP contribution < -0.4 is 4.74 Å². The van der Waals surface area contributed by atoms with Crippen LogP contribution in [0.3, 0.4) is 0 Å². The van der Waals surface area contributed by atoms with Crippen molar-refractivity contribution < 1.29 is 4.74 Å². The van der Waals surface area contributed by atoms with E-state index in [1.54, 1.807) is 18.2 Å². The van der Waals surface area contributed by atoms with Crippen molar-refractivity contribution in [2.24, 2.45) is 29.1 Å². The Bertz CT molecular complexity index is 577. The Morgan fingerprint density at radius 1 is 1.18 bits per heavy atom. The van der Waals surface area contributed by atoms with E-state index in [-0.39, 0.29) is 0 Å². The molecule has 120 valence electrons. The van der Waals surface area contributed by atoms with Gasteiger partial charge in [0.2, 0.25) is 0 Å². The summed E-state index contributed by atoms with van der Waals surface area (Å²) in [5, 5.41) is 0. The maximum Gasteiger partial charge on any atom is 0.119 e. The Hall–Kier alpha value is -0.980. The van der Waals surface area contributed by atoms with E-state index in [0.29, 0.717) is 5.41 Å². The largest absolute Gasteiger partial charge is 0.497 e. The van der Waals surface area contributed by atoms with Gasteiger partial charge < -0.3 is 4.74 Å². The third-order valence-corrected chi connectivity index (χ3v) is 7.89. The third kappa shape index (κ3) is 1.90. The van der Waals surface area contributed by atoms with E-state index < -0.39 is 0 Å². The van der Waals surface area contributed by atoms with Gasteiger partial charge in [0.05, 0.1) is 7.11 Å². The Labute approximate surface area is 135 Å². The first-order chi connectivity index (χ1) is 10.5. The lowest BCUT2D eigenvalue weighted by Crippen LogP contribution is -2.41. The van der Waals surface area contributed by atoms with E-state index >= 15 is 0 Å². The maximum atomic E-state index is 5.43. The van der Waals surface area contributed by atoms with E-state index in [9.17, 15) is 0 Å². The molecule has 0 bridgehead atoms. The highest BCUT2D eigenvalue weighted by atomic mass is 16.5. The molecule has 1 aromatic carbocycles. The van der Waals surface area contributed by atoms with Crippen LogP contribution in [0.25, 0.3) is 0 Å². The zero-order chi connectivity index (χ0) is 15.5. The lowest BCUT2D eigenvalue weighted by molar-refractivity contribution is 0.0319. The molecule has 0 heterocycles. The maximum absolute atomic E-state index is 5.43. The fourth-order valence-corrected chi connectivity index (χ4v) is 6.30. The van der Waals surface area contributed by atoms with Gasteiger partial charge in [-0.25, -0.2) is 0 Å². The van der Waals surface area contributed by atoms with Crippen molar-refractivity contribution in [3.63, 3.8) is 0 Å². The van der Waals surface area contributed by atoms with E-state index in [1.165, 1.54) is 32.1 Å². The van der Waals surface area contributed by atoms with Crippen molar-refractivity contribution in [1.29, 1.82) is 0 Å². The molecule has 0 N–H and O–H groups in total. The van der Waals surface area contributed by atoms with E-state index in [4.69, 9.17) is 4.74 Å². The quantitative estimate of drug-likeness (QED) is 0.671. The highest BCUT2D eigenvalue weighted by Crippen LogP contribution is 2.64. The van der Waals surface area contributed by atoms with Gasteiger partial charge in [0.25, 0.3) is 0 Å². The summed E-state index contributed by atoms with van der Waals surface area (Å²) in [6.07, 6.45) is 6.93. The van der Waals surface area contributed by atoms with Crippen molar-refractivity contribution in [3.05, 3.63) is 29.3 Å². The summed E-state index contributed by atoms with van der Waals surface area (Å²) >= 11 is 0. The highest BCUT2D eigenvalue weighted by molar-refractivity contribution is 5.40. The van der Waals surface area contributed by atoms with Gasteiger partial charge in [-0.3, -0.25) is 0 Å². The first-order valence-electron chi connectivity index (χ1n) is 9.21. The molecule has 3 aliphatic carbocycles. The fraction of sp³-hybridized carbons (Fsp3) is 0.714. The van der Waals surface area contributed by atoms with E-state index in [2.05, 4.69) is 39.0 Å². The first-order valence-corrected chi connectivity index (χ1v) is 9.21. The molecule has 3 aliphatic rings. The van der Waals surface area contributed by atoms with Crippen molar-refractivity contribution in [2.45, 2.75) is 58.8 Å². The molecule has 0 amide bonds. The van der Waals surface area contributed by atoms with Gasteiger partial charge in [0, 0.05) is 0 Å². The first kappa shape index (κ1) is 14.6. The van der Waals surface area contributed by atoms with Crippen LogP contribution in [-0.2, 0) is 6.42 Å². The average Bonchev–Trinajstić information content (AvgIpc) is 2.77. The van der Waals surface area contributed by atoms with E-state index in [0.717, 1.165) is 35.3 Å². The Balaban J connectivity index is 1.69. The van der Waals surface area contributed by atoms with Gasteiger partial charge in [0.1, 0.15) is 5.75 Å². The van der Waals surface area contributed by atoms with Crippen LogP contribution >= 0.6 is 0 Å². The molecule has 4 rings (SSSR count). The molecule has 0 radical (unpaired) electrons. The van der Waals surface area contributed by atoms with Crippen LogP contribution in [0.4, 0.5) is 0 Å². The van der Waals surface area contributed by atoms with Gasteiger partial charge in [-0.05, 0) is 90.4 Å². The second-order valence-corrected chi connectivity index (χ2v) is 8.53. The molecule has 0 spiro atoms. The molecule has 0 aromatic heterocycles. The van der Waals surface area contributed by atoms with Crippen LogP contribution in [0, 0.1) is 29.1 Å². The molecule has 0 saturated heterocycles. The summed E-state index contributed by atoms with van der Waals surface area (Å²) in [6.45, 7) is 7.61. The summed E-state index contributed by atoms with van der Waals surface area (Å²) in [5.41, 5.74) is 3.81. The third-order valence-electron chi connectivity index (χ3n) is 7.89. The molecule has 1 nitrogen and oxygen atoms in total. The van der Waals surface area contributed by atoms with Crippen LogP contribution in [0.2, 0.25) is 0 Å².